The third kappa shape index (κ3) is 3.74. The number of hydrogen-bond donors (Lipinski definition) is 2. The van der Waals surface area contributed by atoms with E-state index >= 15 is 0 Å². The molecule has 1 rings (SSSR count). The van der Waals surface area contributed by atoms with Gasteiger partial charge in [-0.2, -0.15) is 0 Å². The highest BCUT2D eigenvalue weighted by Crippen LogP contribution is 2.19. The predicted molar refractivity (Wildman–Crippen MR) is 55.9 cm³/mol. The van der Waals surface area contributed by atoms with Crippen molar-refractivity contribution in [2.75, 3.05) is 5.32 Å². The summed E-state index contributed by atoms with van der Waals surface area (Å²) in [4.78, 5) is 11.3. The molecule has 0 bridgehead atoms. The van der Waals surface area contributed by atoms with E-state index in [-0.39, 0.29) is 12.8 Å². The van der Waals surface area contributed by atoms with Crippen LogP contribution in [-0.2, 0) is 4.79 Å². The van der Waals surface area contributed by atoms with Gasteiger partial charge in [0.2, 0.25) is 5.91 Å². The molecule has 1 amide bonds. The number of carbonyl (C=O) groups excluding carboxylic acids is 1. The van der Waals surface area contributed by atoms with Gasteiger partial charge in [0, 0.05) is 6.42 Å². The molecule has 0 fully saturated rings. The van der Waals surface area contributed by atoms with Gasteiger partial charge in [-0.3, -0.25) is 4.79 Å². The molecule has 0 aliphatic carbocycles. The fourth-order valence-corrected chi connectivity index (χ4v) is 1.18. The first-order valence-corrected chi connectivity index (χ1v) is 5.03. The molecule has 1 aromatic rings. The molecule has 0 heterocycles. The molecule has 0 aliphatic rings. The number of aliphatic hydroxyl groups is 1. The van der Waals surface area contributed by atoms with Crippen LogP contribution in [0.2, 0.25) is 0 Å². The standard InChI is InChI=1S/C11H12F3NO2/c1-6(16)2-5-9(17)15-8-4-3-7(12)10(13)11(8)14/h3-4,6,16H,2,5H2,1H3,(H,15,17). The maximum atomic E-state index is 13.1. The minimum Gasteiger partial charge on any atom is -0.393 e. The van der Waals surface area contributed by atoms with Crippen molar-refractivity contribution >= 4 is 11.6 Å². The number of aliphatic hydroxyl groups excluding tert-OH is 1. The Kier molecular flexibility index (Phi) is 4.51. The smallest absolute Gasteiger partial charge is 0.224 e. The molecule has 0 saturated heterocycles. The van der Waals surface area contributed by atoms with Gasteiger partial charge in [0.1, 0.15) is 0 Å². The van der Waals surface area contributed by atoms with Gasteiger partial charge in [-0.05, 0) is 25.5 Å². The Morgan fingerprint density at radius 3 is 2.59 bits per heavy atom. The van der Waals surface area contributed by atoms with Crippen molar-refractivity contribution in [3.8, 4) is 0 Å². The lowest BCUT2D eigenvalue weighted by atomic mass is 10.2. The average Bonchev–Trinajstić information content (AvgIpc) is 2.27. The second kappa shape index (κ2) is 5.67. The molecular formula is C11H12F3NO2. The van der Waals surface area contributed by atoms with Crippen molar-refractivity contribution in [1.29, 1.82) is 0 Å². The first kappa shape index (κ1) is 13.5. The molecule has 0 aromatic heterocycles. The number of benzene rings is 1. The Bertz CT molecular complexity index is 421. The van der Waals surface area contributed by atoms with E-state index in [9.17, 15) is 18.0 Å². The van der Waals surface area contributed by atoms with E-state index in [0.29, 0.717) is 0 Å². The maximum absolute atomic E-state index is 13.1. The molecule has 94 valence electrons. The van der Waals surface area contributed by atoms with Gasteiger partial charge in [-0.25, -0.2) is 13.2 Å². The van der Waals surface area contributed by atoms with E-state index in [2.05, 4.69) is 5.32 Å². The number of hydrogen-bond acceptors (Lipinski definition) is 2. The number of carbonyl (C=O) groups is 1. The van der Waals surface area contributed by atoms with Crippen LogP contribution in [0.3, 0.4) is 0 Å². The van der Waals surface area contributed by atoms with Crippen LogP contribution in [0, 0.1) is 17.5 Å². The number of rotatable bonds is 4. The Morgan fingerprint density at radius 2 is 2.00 bits per heavy atom. The molecule has 1 atom stereocenters. The third-order valence-electron chi connectivity index (χ3n) is 2.10. The molecule has 6 heteroatoms. The molecule has 2 N–H and O–H groups in total. The summed E-state index contributed by atoms with van der Waals surface area (Å²) in [5.41, 5.74) is -0.417. The van der Waals surface area contributed by atoms with Crippen LogP contribution >= 0.6 is 0 Å². The SMILES string of the molecule is CC(O)CCC(=O)Nc1ccc(F)c(F)c1F. The van der Waals surface area contributed by atoms with Crippen molar-refractivity contribution in [2.24, 2.45) is 0 Å². The minimum atomic E-state index is -1.63. The van der Waals surface area contributed by atoms with Crippen LogP contribution in [0.1, 0.15) is 19.8 Å². The number of amides is 1. The van der Waals surface area contributed by atoms with E-state index in [4.69, 9.17) is 5.11 Å². The molecule has 1 aromatic carbocycles. The molecule has 0 spiro atoms. The second-order valence-corrected chi connectivity index (χ2v) is 3.66. The average molecular weight is 247 g/mol. The summed E-state index contributed by atoms with van der Waals surface area (Å²) in [6.45, 7) is 1.51. The van der Waals surface area contributed by atoms with Crippen molar-refractivity contribution in [3.63, 3.8) is 0 Å². The van der Waals surface area contributed by atoms with E-state index in [1.54, 1.807) is 0 Å². The monoisotopic (exact) mass is 247 g/mol. The fourth-order valence-electron chi connectivity index (χ4n) is 1.18. The third-order valence-corrected chi connectivity index (χ3v) is 2.10. The van der Waals surface area contributed by atoms with Gasteiger partial charge in [-0.15, -0.1) is 0 Å². The highest BCUT2D eigenvalue weighted by atomic mass is 19.2. The highest BCUT2D eigenvalue weighted by Gasteiger charge is 2.15. The Hall–Kier alpha value is -1.56. The zero-order valence-corrected chi connectivity index (χ0v) is 9.14. The molecule has 0 radical (unpaired) electrons. The summed E-state index contributed by atoms with van der Waals surface area (Å²) in [6, 6.07) is 1.66. The Morgan fingerprint density at radius 1 is 1.35 bits per heavy atom. The predicted octanol–water partition coefficient (Wildman–Crippen LogP) is 2.20. The molecule has 17 heavy (non-hydrogen) atoms. The first-order chi connectivity index (χ1) is 7.91. The normalized spacial score (nSPS) is 12.3. The summed E-state index contributed by atoms with van der Waals surface area (Å²) in [5.74, 6) is -4.95. The van der Waals surface area contributed by atoms with Gasteiger partial charge < -0.3 is 10.4 Å². The topological polar surface area (TPSA) is 49.3 Å². The fraction of sp³-hybridized carbons (Fsp3) is 0.364. The van der Waals surface area contributed by atoms with E-state index in [0.717, 1.165) is 12.1 Å². The zero-order chi connectivity index (χ0) is 13.0. The highest BCUT2D eigenvalue weighted by molar-refractivity contribution is 5.90. The second-order valence-electron chi connectivity index (χ2n) is 3.66. The molecule has 0 saturated carbocycles. The largest absolute Gasteiger partial charge is 0.393 e. The number of anilines is 1. The summed E-state index contributed by atoms with van der Waals surface area (Å²) in [5, 5.41) is 11.0. The lowest BCUT2D eigenvalue weighted by molar-refractivity contribution is -0.116. The molecule has 1 unspecified atom stereocenters. The zero-order valence-electron chi connectivity index (χ0n) is 9.14. The van der Waals surface area contributed by atoms with E-state index < -0.39 is 35.2 Å². The number of halogens is 3. The maximum Gasteiger partial charge on any atom is 0.224 e. The quantitative estimate of drug-likeness (QED) is 0.801. The van der Waals surface area contributed by atoms with Crippen molar-refractivity contribution in [1.82, 2.24) is 0 Å². The summed E-state index contributed by atoms with van der Waals surface area (Å²) >= 11 is 0. The summed E-state index contributed by atoms with van der Waals surface area (Å²) in [6.07, 6.45) is -0.483. The van der Waals surface area contributed by atoms with Crippen LogP contribution in [0.5, 0.6) is 0 Å². The Balaban J connectivity index is 2.69. The van der Waals surface area contributed by atoms with E-state index in [1.807, 2.05) is 0 Å². The first-order valence-electron chi connectivity index (χ1n) is 5.03. The Labute approximate surface area is 96.3 Å². The number of nitrogens with one attached hydrogen (secondary N) is 1. The van der Waals surface area contributed by atoms with Gasteiger partial charge in [0.15, 0.2) is 17.5 Å². The lowest BCUT2D eigenvalue weighted by Gasteiger charge is -2.08. The lowest BCUT2D eigenvalue weighted by Crippen LogP contribution is -2.15. The van der Waals surface area contributed by atoms with Crippen LogP contribution in [0.4, 0.5) is 18.9 Å². The van der Waals surface area contributed by atoms with Crippen LogP contribution in [0.25, 0.3) is 0 Å². The van der Waals surface area contributed by atoms with Crippen molar-refractivity contribution < 1.29 is 23.1 Å². The molecular weight excluding hydrogens is 235 g/mol. The molecule has 0 aliphatic heterocycles. The van der Waals surface area contributed by atoms with Gasteiger partial charge in [0.05, 0.1) is 11.8 Å². The minimum absolute atomic E-state index is 0.0316. The van der Waals surface area contributed by atoms with Gasteiger partial charge in [-0.1, -0.05) is 0 Å². The van der Waals surface area contributed by atoms with Crippen molar-refractivity contribution in [2.45, 2.75) is 25.9 Å². The molecule has 3 nitrogen and oxygen atoms in total. The van der Waals surface area contributed by atoms with Crippen molar-refractivity contribution in [3.05, 3.63) is 29.6 Å². The summed E-state index contributed by atoms with van der Waals surface area (Å²) in [7, 11) is 0. The van der Waals surface area contributed by atoms with Crippen LogP contribution in [-0.4, -0.2) is 17.1 Å². The van der Waals surface area contributed by atoms with Gasteiger partial charge >= 0.3 is 0 Å². The van der Waals surface area contributed by atoms with E-state index in [1.165, 1.54) is 6.92 Å². The summed E-state index contributed by atoms with van der Waals surface area (Å²) < 4.78 is 38.5. The van der Waals surface area contributed by atoms with Gasteiger partial charge in [0.25, 0.3) is 0 Å². The van der Waals surface area contributed by atoms with Crippen LogP contribution in [0.15, 0.2) is 12.1 Å². The van der Waals surface area contributed by atoms with Crippen LogP contribution < -0.4 is 5.32 Å².